The van der Waals surface area contributed by atoms with Gasteiger partial charge in [0.05, 0.1) is 5.92 Å². The highest BCUT2D eigenvalue weighted by atomic mass is 16.5. The molecule has 1 aromatic carbocycles. The van der Waals surface area contributed by atoms with Gasteiger partial charge in [-0.2, -0.15) is 0 Å². The Balaban J connectivity index is 1.90. The van der Waals surface area contributed by atoms with Crippen LogP contribution in [0.25, 0.3) is 0 Å². The summed E-state index contributed by atoms with van der Waals surface area (Å²) in [5, 5.41) is 2.90. The number of benzene rings is 1. The number of rotatable bonds is 7. The highest BCUT2D eigenvalue weighted by molar-refractivity contribution is 6.00. The minimum Gasteiger partial charge on any atom is -0.382 e. The summed E-state index contributed by atoms with van der Waals surface area (Å²) in [5.74, 6) is -0.288. The molecule has 1 aromatic rings. The van der Waals surface area contributed by atoms with Crippen molar-refractivity contribution in [2.45, 2.75) is 33.6 Å². The fourth-order valence-electron chi connectivity index (χ4n) is 2.90. The topological polar surface area (TPSA) is 58.6 Å². The average Bonchev–Trinajstić information content (AvgIpc) is 2.89. The van der Waals surface area contributed by atoms with Crippen LogP contribution in [0.15, 0.2) is 18.2 Å². The molecule has 1 fully saturated rings. The zero-order chi connectivity index (χ0) is 16.8. The molecule has 1 N–H and O–H groups in total. The van der Waals surface area contributed by atoms with Crippen molar-refractivity contribution < 1.29 is 14.3 Å². The van der Waals surface area contributed by atoms with Crippen LogP contribution in [-0.2, 0) is 14.3 Å². The van der Waals surface area contributed by atoms with Crippen molar-refractivity contribution in [1.29, 1.82) is 0 Å². The van der Waals surface area contributed by atoms with Crippen molar-refractivity contribution in [3.8, 4) is 0 Å². The van der Waals surface area contributed by atoms with E-state index in [1.807, 2.05) is 32.9 Å². The van der Waals surface area contributed by atoms with Gasteiger partial charge in [-0.25, -0.2) is 0 Å². The van der Waals surface area contributed by atoms with Crippen LogP contribution in [0.5, 0.6) is 0 Å². The number of nitrogens with zero attached hydrogens (tertiary/aromatic N) is 1. The van der Waals surface area contributed by atoms with Gasteiger partial charge in [0.1, 0.15) is 0 Å². The molecule has 0 bridgehead atoms. The zero-order valence-corrected chi connectivity index (χ0v) is 14.2. The van der Waals surface area contributed by atoms with Crippen molar-refractivity contribution in [2.75, 3.05) is 31.2 Å². The Morgan fingerprint density at radius 3 is 2.87 bits per heavy atom. The Kier molecular flexibility index (Phi) is 6.16. The number of amides is 2. The third-order valence-electron chi connectivity index (χ3n) is 4.11. The van der Waals surface area contributed by atoms with Crippen molar-refractivity contribution in [1.82, 2.24) is 5.32 Å². The second kappa shape index (κ2) is 8.11. The summed E-state index contributed by atoms with van der Waals surface area (Å²) in [4.78, 5) is 26.2. The predicted octanol–water partition coefficient (Wildman–Crippen LogP) is 2.20. The Bertz CT molecular complexity index is 571. The van der Waals surface area contributed by atoms with Gasteiger partial charge in [0.15, 0.2) is 0 Å². The number of nitrogens with one attached hydrogen (secondary N) is 1. The quantitative estimate of drug-likeness (QED) is 0.784. The SMILES string of the molecule is CCOCCCNC(=O)C1CC(=O)N(c2ccc(C)cc2C)C1. The van der Waals surface area contributed by atoms with E-state index in [0.717, 1.165) is 17.7 Å². The molecule has 1 aliphatic rings. The van der Waals surface area contributed by atoms with Crippen molar-refractivity contribution in [3.05, 3.63) is 29.3 Å². The maximum absolute atomic E-state index is 12.3. The van der Waals surface area contributed by atoms with Crippen LogP contribution in [0.3, 0.4) is 0 Å². The van der Waals surface area contributed by atoms with E-state index in [-0.39, 0.29) is 24.2 Å². The molecule has 0 aliphatic carbocycles. The second-order valence-corrected chi connectivity index (χ2v) is 6.04. The van der Waals surface area contributed by atoms with Gasteiger partial charge in [-0.3, -0.25) is 9.59 Å². The van der Waals surface area contributed by atoms with Crippen molar-refractivity contribution in [3.63, 3.8) is 0 Å². The van der Waals surface area contributed by atoms with E-state index < -0.39 is 0 Å². The number of carbonyl (C=O) groups excluding carboxylic acids is 2. The van der Waals surface area contributed by atoms with Crippen LogP contribution in [0, 0.1) is 19.8 Å². The lowest BCUT2D eigenvalue weighted by atomic mass is 10.1. The van der Waals surface area contributed by atoms with Gasteiger partial charge in [-0.1, -0.05) is 17.7 Å². The van der Waals surface area contributed by atoms with Crippen LogP contribution in [0.1, 0.15) is 30.9 Å². The molecule has 2 amide bonds. The minimum absolute atomic E-state index is 0.0198. The Labute approximate surface area is 138 Å². The summed E-state index contributed by atoms with van der Waals surface area (Å²) in [6.45, 7) is 8.36. The van der Waals surface area contributed by atoms with Gasteiger partial charge in [0.2, 0.25) is 11.8 Å². The monoisotopic (exact) mass is 318 g/mol. The first-order chi connectivity index (χ1) is 11.0. The number of anilines is 1. The summed E-state index contributed by atoms with van der Waals surface area (Å²) in [6.07, 6.45) is 1.08. The minimum atomic E-state index is -0.268. The Morgan fingerprint density at radius 1 is 1.39 bits per heavy atom. The lowest BCUT2D eigenvalue weighted by Gasteiger charge is -2.19. The largest absolute Gasteiger partial charge is 0.382 e. The Hall–Kier alpha value is -1.88. The fourth-order valence-corrected chi connectivity index (χ4v) is 2.90. The highest BCUT2D eigenvalue weighted by Gasteiger charge is 2.35. The number of aryl methyl sites for hydroxylation is 2. The van der Waals surface area contributed by atoms with Gasteiger partial charge in [0.25, 0.3) is 0 Å². The smallest absolute Gasteiger partial charge is 0.227 e. The van der Waals surface area contributed by atoms with Crippen LogP contribution >= 0.6 is 0 Å². The van der Waals surface area contributed by atoms with Gasteiger partial charge < -0.3 is 15.0 Å². The summed E-state index contributed by atoms with van der Waals surface area (Å²) in [7, 11) is 0. The zero-order valence-electron chi connectivity index (χ0n) is 14.2. The van der Waals surface area contributed by atoms with E-state index in [0.29, 0.717) is 26.3 Å². The molecule has 1 aliphatic heterocycles. The summed E-state index contributed by atoms with van der Waals surface area (Å²) in [5.41, 5.74) is 3.14. The summed E-state index contributed by atoms with van der Waals surface area (Å²) >= 11 is 0. The molecule has 23 heavy (non-hydrogen) atoms. The number of hydrogen-bond donors (Lipinski definition) is 1. The van der Waals surface area contributed by atoms with E-state index in [1.54, 1.807) is 4.90 Å². The lowest BCUT2D eigenvalue weighted by molar-refractivity contribution is -0.126. The van der Waals surface area contributed by atoms with E-state index in [1.165, 1.54) is 5.56 Å². The number of hydrogen-bond acceptors (Lipinski definition) is 3. The molecule has 0 aromatic heterocycles. The van der Waals surface area contributed by atoms with Gasteiger partial charge in [0, 0.05) is 38.4 Å². The molecule has 126 valence electrons. The van der Waals surface area contributed by atoms with E-state index in [4.69, 9.17) is 4.74 Å². The van der Waals surface area contributed by atoms with E-state index >= 15 is 0 Å². The molecule has 5 nitrogen and oxygen atoms in total. The molecule has 5 heteroatoms. The average molecular weight is 318 g/mol. The van der Waals surface area contributed by atoms with Gasteiger partial charge in [-0.05, 0) is 38.8 Å². The van der Waals surface area contributed by atoms with Crippen LogP contribution < -0.4 is 10.2 Å². The number of ether oxygens (including phenoxy) is 1. The molecule has 1 atom stereocenters. The van der Waals surface area contributed by atoms with E-state index in [9.17, 15) is 9.59 Å². The molecular weight excluding hydrogens is 292 g/mol. The standard InChI is InChI=1S/C18H26N2O3/c1-4-23-9-5-8-19-18(22)15-11-17(21)20(12-15)16-7-6-13(2)10-14(16)3/h6-7,10,15H,4-5,8-9,11-12H2,1-3H3,(H,19,22). The van der Waals surface area contributed by atoms with E-state index in [2.05, 4.69) is 11.4 Å². The van der Waals surface area contributed by atoms with Crippen molar-refractivity contribution in [2.24, 2.45) is 5.92 Å². The van der Waals surface area contributed by atoms with Crippen LogP contribution in [0.4, 0.5) is 5.69 Å². The Morgan fingerprint density at radius 2 is 2.17 bits per heavy atom. The fraction of sp³-hybridized carbons (Fsp3) is 0.556. The highest BCUT2D eigenvalue weighted by Crippen LogP contribution is 2.28. The van der Waals surface area contributed by atoms with Crippen LogP contribution in [0.2, 0.25) is 0 Å². The first kappa shape index (κ1) is 17.5. The summed E-state index contributed by atoms with van der Waals surface area (Å²) < 4.78 is 5.24. The number of carbonyl (C=O) groups is 2. The normalized spacial score (nSPS) is 17.6. The van der Waals surface area contributed by atoms with Gasteiger partial charge in [-0.15, -0.1) is 0 Å². The maximum atomic E-state index is 12.3. The van der Waals surface area contributed by atoms with Crippen LogP contribution in [-0.4, -0.2) is 38.1 Å². The molecule has 0 spiro atoms. The molecular formula is C18H26N2O3. The second-order valence-electron chi connectivity index (χ2n) is 6.04. The summed E-state index contributed by atoms with van der Waals surface area (Å²) in [6, 6.07) is 6.02. The molecule has 1 unspecified atom stereocenters. The molecule has 0 saturated carbocycles. The third-order valence-corrected chi connectivity index (χ3v) is 4.11. The lowest BCUT2D eigenvalue weighted by Crippen LogP contribution is -2.34. The van der Waals surface area contributed by atoms with Gasteiger partial charge >= 0.3 is 0 Å². The first-order valence-corrected chi connectivity index (χ1v) is 8.26. The van der Waals surface area contributed by atoms with Crippen molar-refractivity contribution >= 4 is 17.5 Å². The molecule has 0 radical (unpaired) electrons. The third kappa shape index (κ3) is 4.55. The maximum Gasteiger partial charge on any atom is 0.227 e. The predicted molar refractivity (Wildman–Crippen MR) is 90.5 cm³/mol. The molecule has 2 rings (SSSR count). The first-order valence-electron chi connectivity index (χ1n) is 8.26. The molecule has 1 heterocycles. The molecule has 1 saturated heterocycles.